The summed E-state index contributed by atoms with van der Waals surface area (Å²) < 4.78 is 11.5. The van der Waals surface area contributed by atoms with Crippen LogP contribution in [-0.4, -0.2) is 82.8 Å². The Morgan fingerprint density at radius 2 is 1.89 bits per heavy atom. The molecule has 4 amide bonds. The SMILES string of the molecule is Bc1cc(C(B)N2CCOCC2=O)cc(B)c1COc1cccc2c1CN(C1CCC(=O)NC1=O)C2=O. The molecule has 3 heterocycles. The zero-order valence-corrected chi connectivity index (χ0v) is 21.3. The number of fused-ring (bicyclic) bond motifs is 1. The van der Waals surface area contributed by atoms with Crippen molar-refractivity contribution in [2.45, 2.75) is 38.0 Å². The average molecular weight is 499 g/mol. The lowest BCUT2D eigenvalue weighted by atomic mass is 9.75. The van der Waals surface area contributed by atoms with Crippen LogP contribution in [0.4, 0.5) is 0 Å². The van der Waals surface area contributed by atoms with Crippen LogP contribution < -0.4 is 21.0 Å². The number of piperidine rings is 1. The van der Waals surface area contributed by atoms with Gasteiger partial charge in [0.15, 0.2) is 0 Å². The second-order valence-electron chi connectivity index (χ2n) is 9.92. The van der Waals surface area contributed by atoms with E-state index in [-0.39, 0.29) is 43.2 Å². The molecule has 0 saturated carbocycles. The van der Waals surface area contributed by atoms with E-state index in [1.54, 1.807) is 12.1 Å². The summed E-state index contributed by atoms with van der Waals surface area (Å²) >= 11 is 0. The molecule has 2 atom stereocenters. The van der Waals surface area contributed by atoms with Crippen molar-refractivity contribution in [2.75, 3.05) is 19.8 Å². The minimum Gasteiger partial charge on any atom is -0.489 e. The Kier molecular flexibility index (Phi) is 6.85. The number of imide groups is 1. The normalized spacial score (nSPS) is 20.6. The van der Waals surface area contributed by atoms with Crippen LogP contribution in [0.1, 0.15) is 45.8 Å². The van der Waals surface area contributed by atoms with Crippen LogP contribution in [-0.2, 0) is 32.3 Å². The fourth-order valence-corrected chi connectivity index (χ4v) is 5.46. The van der Waals surface area contributed by atoms with Gasteiger partial charge in [-0.15, -0.1) is 0 Å². The third-order valence-corrected chi connectivity index (χ3v) is 7.60. The molecule has 12 heteroatoms. The minimum atomic E-state index is -0.664. The van der Waals surface area contributed by atoms with E-state index in [0.29, 0.717) is 37.5 Å². The van der Waals surface area contributed by atoms with E-state index >= 15 is 0 Å². The van der Waals surface area contributed by atoms with Gasteiger partial charge in [0.25, 0.3) is 5.91 Å². The van der Waals surface area contributed by atoms with Crippen molar-refractivity contribution < 1.29 is 28.7 Å². The first-order valence-electron chi connectivity index (χ1n) is 12.6. The van der Waals surface area contributed by atoms with Gasteiger partial charge in [-0.2, -0.15) is 0 Å². The Morgan fingerprint density at radius 1 is 1.14 bits per heavy atom. The van der Waals surface area contributed by atoms with Gasteiger partial charge in [0.2, 0.25) is 17.7 Å². The molecule has 0 aliphatic carbocycles. The summed E-state index contributed by atoms with van der Waals surface area (Å²) in [6.07, 6.45) is 0.534. The van der Waals surface area contributed by atoms with E-state index in [9.17, 15) is 19.2 Å². The van der Waals surface area contributed by atoms with Crippen LogP contribution in [0.15, 0.2) is 30.3 Å². The second kappa shape index (κ2) is 10.1. The lowest BCUT2D eigenvalue weighted by Crippen LogP contribution is -2.52. The smallest absolute Gasteiger partial charge is 0.255 e. The van der Waals surface area contributed by atoms with Crippen molar-refractivity contribution in [3.63, 3.8) is 0 Å². The van der Waals surface area contributed by atoms with Crippen LogP contribution in [0, 0.1) is 0 Å². The van der Waals surface area contributed by atoms with Crippen molar-refractivity contribution in [3.8, 4) is 5.75 Å². The fourth-order valence-electron chi connectivity index (χ4n) is 5.46. The summed E-state index contributed by atoms with van der Waals surface area (Å²) in [6, 6.07) is 8.90. The number of ether oxygens (including phenoxy) is 2. The maximum absolute atomic E-state index is 13.1. The number of hydrogen-bond acceptors (Lipinski definition) is 6. The van der Waals surface area contributed by atoms with Gasteiger partial charge in [0.1, 0.15) is 48.5 Å². The Labute approximate surface area is 218 Å². The fraction of sp³-hybridized carbons (Fsp3) is 0.360. The maximum atomic E-state index is 13.1. The monoisotopic (exact) mass is 499 g/mol. The van der Waals surface area contributed by atoms with Gasteiger partial charge < -0.3 is 19.3 Å². The molecule has 3 aliphatic heterocycles. The van der Waals surface area contributed by atoms with E-state index in [4.69, 9.17) is 9.47 Å². The van der Waals surface area contributed by atoms with Gasteiger partial charge >= 0.3 is 0 Å². The first-order chi connectivity index (χ1) is 17.7. The van der Waals surface area contributed by atoms with E-state index in [1.807, 2.05) is 34.5 Å². The third kappa shape index (κ3) is 4.77. The summed E-state index contributed by atoms with van der Waals surface area (Å²) in [5, 5.41) is 2.33. The molecule has 3 aliphatic rings. The number of nitrogens with zero attached hydrogens (tertiary/aromatic N) is 2. The molecule has 0 radical (unpaired) electrons. The second-order valence-corrected chi connectivity index (χ2v) is 9.92. The van der Waals surface area contributed by atoms with Gasteiger partial charge in [0, 0.05) is 30.0 Å². The van der Waals surface area contributed by atoms with Crippen molar-refractivity contribution in [1.82, 2.24) is 15.1 Å². The molecule has 2 aromatic carbocycles. The van der Waals surface area contributed by atoms with Gasteiger partial charge in [-0.25, -0.2) is 0 Å². The largest absolute Gasteiger partial charge is 0.489 e. The zero-order valence-electron chi connectivity index (χ0n) is 21.3. The first kappa shape index (κ1) is 25.1. The lowest BCUT2D eigenvalue weighted by molar-refractivity contribution is -0.143. The third-order valence-electron chi connectivity index (χ3n) is 7.60. The summed E-state index contributed by atoms with van der Waals surface area (Å²) in [6.45, 7) is 1.84. The van der Waals surface area contributed by atoms with E-state index in [2.05, 4.69) is 17.4 Å². The van der Waals surface area contributed by atoms with Crippen LogP contribution in [0.25, 0.3) is 0 Å². The number of benzene rings is 2. The molecule has 2 aromatic rings. The molecule has 2 unspecified atom stereocenters. The quantitative estimate of drug-likeness (QED) is 0.337. The summed E-state index contributed by atoms with van der Waals surface area (Å²) in [5.74, 6) is -0.406. The molecule has 5 rings (SSSR count). The Morgan fingerprint density at radius 3 is 2.59 bits per heavy atom. The summed E-state index contributed by atoms with van der Waals surface area (Å²) in [5.41, 5.74) is 5.53. The first-order valence-corrected chi connectivity index (χ1v) is 12.6. The number of carbonyl (C=O) groups excluding carboxylic acids is 4. The van der Waals surface area contributed by atoms with Gasteiger partial charge in [-0.05, 0) is 29.7 Å². The molecule has 0 spiro atoms. The van der Waals surface area contributed by atoms with Gasteiger partial charge in [-0.1, -0.05) is 29.1 Å². The van der Waals surface area contributed by atoms with Crippen LogP contribution in [0.3, 0.4) is 0 Å². The topological polar surface area (TPSA) is 105 Å². The molecule has 2 fully saturated rings. The van der Waals surface area contributed by atoms with Crippen molar-refractivity contribution in [3.05, 3.63) is 52.6 Å². The molecule has 37 heavy (non-hydrogen) atoms. The number of hydrogen-bond donors (Lipinski definition) is 1. The van der Waals surface area contributed by atoms with Crippen molar-refractivity contribution in [1.29, 1.82) is 0 Å². The molecule has 1 N–H and O–H groups in total. The molecule has 9 nitrogen and oxygen atoms in total. The van der Waals surface area contributed by atoms with Crippen molar-refractivity contribution in [2.24, 2.45) is 0 Å². The average Bonchev–Trinajstić information content (AvgIpc) is 3.20. The van der Waals surface area contributed by atoms with Crippen LogP contribution in [0.2, 0.25) is 0 Å². The summed E-state index contributed by atoms with van der Waals surface area (Å²) in [7, 11) is 6.10. The van der Waals surface area contributed by atoms with Gasteiger partial charge in [0.05, 0.1) is 13.2 Å². The number of morpholine rings is 1. The molecule has 188 valence electrons. The predicted octanol–water partition coefficient (Wildman–Crippen LogP) is -2.97. The Hall–Kier alpha value is -3.53. The molecular formula is C25H28B3N3O6. The Bertz CT molecular complexity index is 1280. The maximum Gasteiger partial charge on any atom is 0.255 e. The number of amides is 4. The van der Waals surface area contributed by atoms with Crippen molar-refractivity contribution >= 4 is 58.1 Å². The standard InChI is InChI=1S/C25H28B3N3O6/c26-17-8-13(23(28)30-6-7-36-12-22(30)33)9-18(27)16(17)11-37-20-3-1-2-14-15(20)10-31(25(14)35)19-4-5-21(32)29-24(19)34/h1-3,8-9,19,23H,4-7,10-12,26-28H2,(H,29,32,34). The lowest BCUT2D eigenvalue weighted by Gasteiger charge is -2.33. The highest BCUT2D eigenvalue weighted by Gasteiger charge is 2.40. The van der Waals surface area contributed by atoms with E-state index < -0.39 is 11.9 Å². The number of carbonyl (C=O) groups is 4. The number of rotatable bonds is 6. The van der Waals surface area contributed by atoms with Crippen LogP contribution in [0.5, 0.6) is 5.75 Å². The Balaban J connectivity index is 1.32. The molecule has 2 saturated heterocycles. The molecular weight excluding hydrogens is 471 g/mol. The van der Waals surface area contributed by atoms with E-state index in [1.165, 1.54) is 4.90 Å². The van der Waals surface area contributed by atoms with Crippen LogP contribution >= 0.6 is 0 Å². The zero-order chi connectivity index (χ0) is 26.3. The number of nitrogens with one attached hydrogen (secondary N) is 1. The van der Waals surface area contributed by atoms with E-state index in [0.717, 1.165) is 27.6 Å². The summed E-state index contributed by atoms with van der Waals surface area (Å²) in [4.78, 5) is 52.7. The highest BCUT2D eigenvalue weighted by atomic mass is 16.5. The highest BCUT2D eigenvalue weighted by Crippen LogP contribution is 2.34. The minimum absolute atomic E-state index is 0.000275. The molecule has 0 aromatic heterocycles. The molecule has 0 bridgehead atoms. The highest BCUT2D eigenvalue weighted by molar-refractivity contribution is 6.40. The van der Waals surface area contributed by atoms with Gasteiger partial charge in [-0.3, -0.25) is 24.5 Å². The predicted molar refractivity (Wildman–Crippen MR) is 143 cm³/mol.